The number of benzene rings is 2. The van der Waals surface area contributed by atoms with Crippen LogP contribution in [0.5, 0.6) is 5.75 Å². The predicted molar refractivity (Wildman–Crippen MR) is 123 cm³/mol. The quantitative estimate of drug-likeness (QED) is 0.454. The maximum Gasteiger partial charge on any atom is 0.350 e. The number of ether oxygens (including phenoxy) is 1. The molecule has 0 fully saturated rings. The molecule has 0 radical (unpaired) electrons. The van der Waals surface area contributed by atoms with Crippen LogP contribution >= 0.6 is 0 Å². The van der Waals surface area contributed by atoms with Gasteiger partial charge < -0.3 is 15.4 Å². The molecule has 0 aliphatic rings. The Morgan fingerprint density at radius 2 is 1.73 bits per heavy atom. The lowest BCUT2D eigenvalue weighted by Crippen LogP contribution is -2.32. The van der Waals surface area contributed by atoms with Crippen molar-refractivity contribution in [3.8, 4) is 5.75 Å². The van der Waals surface area contributed by atoms with Crippen LogP contribution in [0, 0.1) is 6.92 Å². The Bertz CT molecular complexity index is 1350. The molecule has 2 heterocycles. The van der Waals surface area contributed by atoms with Crippen molar-refractivity contribution in [1.82, 2.24) is 19.5 Å². The van der Waals surface area contributed by atoms with Gasteiger partial charge in [-0.3, -0.25) is 9.59 Å². The zero-order valence-electron chi connectivity index (χ0n) is 18.2. The third-order valence-corrected chi connectivity index (χ3v) is 5.09. The molecular formula is C24H23N5O4. The van der Waals surface area contributed by atoms with Crippen molar-refractivity contribution in [3.05, 3.63) is 94.0 Å². The third-order valence-electron chi connectivity index (χ3n) is 5.09. The molecule has 0 spiro atoms. The summed E-state index contributed by atoms with van der Waals surface area (Å²) in [5, 5.41) is 9.73. The molecular weight excluding hydrogens is 422 g/mol. The second kappa shape index (κ2) is 9.39. The molecule has 2 aromatic heterocycles. The molecule has 2 amide bonds. The van der Waals surface area contributed by atoms with Crippen molar-refractivity contribution in [3.63, 3.8) is 0 Å². The fourth-order valence-corrected chi connectivity index (χ4v) is 3.23. The van der Waals surface area contributed by atoms with Crippen molar-refractivity contribution in [2.24, 2.45) is 0 Å². The molecule has 0 bridgehead atoms. The van der Waals surface area contributed by atoms with E-state index in [1.807, 2.05) is 31.2 Å². The number of nitrogens with zero attached hydrogens (tertiary/aromatic N) is 3. The zero-order chi connectivity index (χ0) is 23.4. The first-order valence-corrected chi connectivity index (χ1v) is 10.3. The van der Waals surface area contributed by atoms with Crippen LogP contribution in [0.3, 0.4) is 0 Å². The summed E-state index contributed by atoms with van der Waals surface area (Å²) in [5.41, 5.74) is 2.81. The summed E-state index contributed by atoms with van der Waals surface area (Å²) in [6, 6.07) is 17.8. The van der Waals surface area contributed by atoms with Crippen LogP contribution in [-0.2, 0) is 17.9 Å². The van der Waals surface area contributed by atoms with E-state index in [1.165, 1.54) is 10.6 Å². The summed E-state index contributed by atoms with van der Waals surface area (Å²) in [4.78, 5) is 37.6. The normalized spacial score (nSPS) is 10.7. The van der Waals surface area contributed by atoms with Crippen LogP contribution in [0.4, 0.5) is 5.69 Å². The van der Waals surface area contributed by atoms with Gasteiger partial charge in [0.15, 0.2) is 5.65 Å². The molecule has 9 heteroatoms. The smallest absolute Gasteiger partial charge is 0.350 e. The van der Waals surface area contributed by atoms with Crippen molar-refractivity contribution >= 4 is 23.1 Å². The Balaban J connectivity index is 1.44. The number of rotatable bonds is 7. The van der Waals surface area contributed by atoms with Gasteiger partial charge in [0.05, 0.1) is 12.7 Å². The fourth-order valence-electron chi connectivity index (χ4n) is 3.23. The minimum absolute atomic E-state index is 0.222. The van der Waals surface area contributed by atoms with Crippen LogP contribution in [0.25, 0.3) is 5.65 Å². The first-order valence-electron chi connectivity index (χ1n) is 10.3. The first-order chi connectivity index (χ1) is 15.9. The highest BCUT2D eigenvalue weighted by molar-refractivity contribution is 6.04. The molecule has 33 heavy (non-hydrogen) atoms. The summed E-state index contributed by atoms with van der Waals surface area (Å²) in [6.45, 7) is 2.13. The van der Waals surface area contributed by atoms with Gasteiger partial charge in [0.2, 0.25) is 5.91 Å². The molecule has 0 saturated carbocycles. The number of aromatic nitrogens is 3. The molecule has 2 aromatic carbocycles. The maximum absolute atomic E-state index is 12.7. The number of hydrogen-bond acceptors (Lipinski definition) is 5. The Morgan fingerprint density at radius 1 is 1.00 bits per heavy atom. The second-order valence-corrected chi connectivity index (χ2v) is 7.53. The number of carbonyl (C=O) groups is 2. The SMILES string of the molecule is COc1ccc(NC(=O)c2ccc3nn(CC(=O)NCc4ccc(C)cc4)c(=O)n3c2)cc1. The maximum atomic E-state index is 12.7. The van der Waals surface area contributed by atoms with E-state index < -0.39 is 5.69 Å². The molecule has 168 valence electrons. The number of aryl methyl sites for hydroxylation is 1. The number of methoxy groups -OCH3 is 1. The van der Waals surface area contributed by atoms with Crippen molar-refractivity contribution in [2.45, 2.75) is 20.0 Å². The van der Waals surface area contributed by atoms with E-state index in [0.29, 0.717) is 23.6 Å². The lowest BCUT2D eigenvalue weighted by Gasteiger charge is -2.06. The Morgan fingerprint density at radius 3 is 2.42 bits per heavy atom. The lowest BCUT2D eigenvalue weighted by atomic mass is 10.1. The summed E-state index contributed by atoms with van der Waals surface area (Å²) < 4.78 is 7.42. The molecule has 0 unspecified atom stereocenters. The van der Waals surface area contributed by atoms with E-state index in [2.05, 4.69) is 15.7 Å². The van der Waals surface area contributed by atoms with E-state index in [4.69, 9.17) is 4.74 Å². The average Bonchev–Trinajstić information content (AvgIpc) is 3.13. The minimum atomic E-state index is -0.505. The van der Waals surface area contributed by atoms with E-state index >= 15 is 0 Å². The number of anilines is 1. The van der Waals surface area contributed by atoms with Crippen molar-refractivity contribution in [2.75, 3.05) is 12.4 Å². The van der Waals surface area contributed by atoms with Crippen LogP contribution in [-0.4, -0.2) is 33.1 Å². The largest absolute Gasteiger partial charge is 0.497 e. The van der Waals surface area contributed by atoms with Crippen molar-refractivity contribution in [1.29, 1.82) is 0 Å². The number of pyridine rings is 1. The molecule has 0 atom stereocenters. The second-order valence-electron chi connectivity index (χ2n) is 7.53. The molecule has 0 aliphatic heterocycles. The highest BCUT2D eigenvalue weighted by Crippen LogP contribution is 2.16. The van der Waals surface area contributed by atoms with Gasteiger partial charge in [0, 0.05) is 18.4 Å². The van der Waals surface area contributed by atoms with Gasteiger partial charge in [-0.25, -0.2) is 13.9 Å². The van der Waals surface area contributed by atoms with E-state index in [1.54, 1.807) is 43.5 Å². The molecule has 0 aliphatic carbocycles. The monoisotopic (exact) mass is 445 g/mol. The molecule has 2 N–H and O–H groups in total. The highest BCUT2D eigenvalue weighted by atomic mass is 16.5. The van der Waals surface area contributed by atoms with Gasteiger partial charge in [-0.2, -0.15) is 0 Å². The van der Waals surface area contributed by atoms with Crippen LogP contribution < -0.4 is 21.1 Å². The fraction of sp³-hybridized carbons (Fsp3) is 0.167. The van der Waals surface area contributed by atoms with E-state index in [9.17, 15) is 14.4 Å². The molecule has 4 rings (SSSR count). The van der Waals surface area contributed by atoms with Gasteiger partial charge in [0.25, 0.3) is 5.91 Å². The summed E-state index contributed by atoms with van der Waals surface area (Å²) in [7, 11) is 1.56. The zero-order valence-corrected chi connectivity index (χ0v) is 18.2. The van der Waals surface area contributed by atoms with Gasteiger partial charge in [-0.1, -0.05) is 29.8 Å². The number of fused-ring (bicyclic) bond motifs is 1. The van der Waals surface area contributed by atoms with Crippen LogP contribution in [0.1, 0.15) is 21.5 Å². The number of hydrogen-bond donors (Lipinski definition) is 2. The predicted octanol–water partition coefficient (Wildman–Crippen LogP) is 2.38. The topological polar surface area (TPSA) is 107 Å². The lowest BCUT2D eigenvalue weighted by molar-refractivity contribution is -0.122. The number of carbonyl (C=O) groups excluding carboxylic acids is 2. The van der Waals surface area contributed by atoms with Gasteiger partial charge in [0.1, 0.15) is 12.3 Å². The van der Waals surface area contributed by atoms with Crippen LogP contribution in [0.15, 0.2) is 71.7 Å². The van der Waals surface area contributed by atoms with E-state index in [0.717, 1.165) is 15.8 Å². The van der Waals surface area contributed by atoms with Crippen molar-refractivity contribution < 1.29 is 14.3 Å². The Labute approximate surface area is 189 Å². The molecule has 0 saturated heterocycles. The van der Waals surface area contributed by atoms with Gasteiger partial charge in [-0.15, -0.1) is 5.10 Å². The van der Waals surface area contributed by atoms with Crippen LogP contribution in [0.2, 0.25) is 0 Å². The van der Waals surface area contributed by atoms with Gasteiger partial charge >= 0.3 is 5.69 Å². The van der Waals surface area contributed by atoms with E-state index in [-0.39, 0.29) is 23.9 Å². The minimum Gasteiger partial charge on any atom is -0.497 e. The summed E-state index contributed by atoms with van der Waals surface area (Å²) >= 11 is 0. The Kier molecular flexibility index (Phi) is 6.21. The summed E-state index contributed by atoms with van der Waals surface area (Å²) in [6.07, 6.45) is 1.41. The number of nitrogens with one attached hydrogen (secondary N) is 2. The molecule has 9 nitrogen and oxygen atoms in total. The molecule has 4 aromatic rings. The Hall–Kier alpha value is -4.40. The standard InChI is InChI=1S/C24H23N5O4/c1-16-3-5-17(6-4-16)13-25-22(30)15-29-24(32)28-14-18(7-12-21(28)27-29)23(31)26-19-8-10-20(33-2)11-9-19/h3-12,14H,13,15H2,1-2H3,(H,25,30)(H,26,31). The highest BCUT2D eigenvalue weighted by Gasteiger charge is 2.14. The number of amides is 2. The van der Waals surface area contributed by atoms with Gasteiger partial charge in [-0.05, 0) is 48.9 Å². The first kappa shape index (κ1) is 21.8. The third kappa shape index (κ3) is 5.09. The summed E-state index contributed by atoms with van der Waals surface area (Å²) in [5.74, 6) is -0.0348. The average molecular weight is 445 g/mol.